The second kappa shape index (κ2) is 5.15. The minimum atomic E-state index is 0.193. The molecule has 0 aliphatic heterocycles. The summed E-state index contributed by atoms with van der Waals surface area (Å²) in [4.78, 5) is 9.71. The molecular formula is C14H12ClN3S. The summed E-state index contributed by atoms with van der Waals surface area (Å²) in [6.07, 6.45) is 3.66. The van der Waals surface area contributed by atoms with Crippen LogP contribution in [-0.2, 0) is 0 Å². The maximum Gasteiger partial charge on any atom is 0.0948 e. The number of pyridine rings is 1. The van der Waals surface area contributed by atoms with Crippen LogP contribution in [0.15, 0.2) is 42.2 Å². The first-order chi connectivity index (χ1) is 9.25. The minimum absolute atomic E-state index is 0.193. The number of nitrogens with zero attached hydrogens (tertiary/aromatic N) is 2. The van der Waals surface area contributed by atoms with E-state index in [0.717, 1.165) is 21.6 Å². The zero-order chi connectivity index (χ0) is 13.2. The molecule has 1 aromatic carbocycles. The summed E-state index contributed by atoms with van der Waals surface area (Å²) in [5.74, 6) is 0. The van der Waals surface area contributed by atoms with Gasteiger partial charge in [0.25, 0.3) is 0 Å². The summed E-state index contributed by atoms with van der Waals surface area (Å²) in [6.45, 7) is 2.11. The molecule has 96 valence electrons. The fourth-order valence-corrected chi connectivity index (χ4v) is 2.84. The van der Waals surface area contributed by atoms with Crippen LogP contribution in [-0.4, -0.2) is 9.97 Å². The highest BCUT2D eigenvalue weighted by molar-refractivity contribution is 7.09. The highest BCUT2D eigenvalue weighted by Crippen LogP contribution is 2.30. The third-order valence-corrected chi connectivity index (χ3v) is 4.25. The van der Waals surface area contributed by atoms with Gasteiger partial charge in [-0.1, -0.05) is 11.6 Å². The Morgan fingerprint density at radius 2 is 2.21 bits per heavy atom. The number of halogens is 1. The van der Waals surface area contributed by atoms with Gasteiger partial charge in [0, 0.05) is 22.7 Å². The Morgan fingerprint density at radius 3 is 3.00 bits per heavy atom. The van der Waals surface area contributed by atoms with E-state index in [1.54, 1.807) is 17.5 Å². The van der Waals surface area contributed by atoms with Crippen LogP contribution in [0.2, 0.25) is 5.02 Å². The molecule has 3 aromatic rings. The van der Waals surface area contributed by atoms with E-state index >= 15 is 0 Å². The van der Waals surface area contributed by atoms with Crippen molar-refractivity contribution in [3.63, 3.8) is 0 Å². The van der Waals surface area contributed by atoms with Gasteiger partial charge < -0.3 is 5.32 Å². The van der Waals surface area contributed by atoms with Gasteiger partial charge >= 0.3 is 0 Å². The average Bonchev–Trinajstić information content (AvgIpc) is 2.96. The van der Waals surface area contributed by atoms with Crippen LogP contribution in [0.4, 0.5) is 5.69 Å². The Labute approximate surface area is 120 Å². The molecule has 3 rings (SSSR count). The van der Waals surface area contributed by atoms with Crippen molar-refractivity contribution in [2.24, 2.45) is 0 Å². The van der Waals surface area contributed by atoms with Crippen LogP contribution < -0.4 is 5.32 Å². The third kappa shape index (κ3) is 2.41. The van der Waals surface area contributed by atoms with Crippen molar-refractivity contribution >= 4 is 39.5 Å². The monoisotopic (exact) mass is 289 g/mol. The van der Waals surface area contributed by atoms with Crippen molar-refractivity contribution in [3.05, 3.63) is 52.1 Å². The van der Waals surface area contributed by atoms with Gasteiger partial charge in [-0.05, 0) is 31.2 Å². The molecule has 19 heavy (non-hydrogen) atoms. The minimum Gasteiger partial charge on any atom is -0.376 e. The Morgan fingerprint density at radius 1 is 1.32 bits per heavy atom. The van der Waals surface area contributed by atoms with Crippen LogP contribution >= 0.6 is 22.9 Å². The first-order valence-corrected chi connectivity index (χ1v) is 7.19. The number of benzene rings is 1. The predicted octanol–water partition coefficient (Wildman–Crippen LogP) is 4.52. The summed E-state index contributed by atoms with van der Waals surface area (Å²) in [7, 11) is 0. The maximum atomic E-state index is 6.19. The van der Waals surface area contributed by atoms with Crippen LogP contribution in [0.3, 0.4) is 0 Å². The van der Waals surface area contributed by atoms with Gasteiger partial charge in [-0.2, -0.15) is 0 Å². The molecule has 0 bridgehead atoms. The first-order valence-electron chi connectivity index (χ1n) is 5.94. The van der Waals surface area contributed by atoms with Gasteiger partial charge in [0.15, 0.2) is 0 Å². The lowest BCUT2D eigenvalue weighted by atomic mass is 10.1. The fourth-order valence-electron chi connectivity index (χ4n) is 2.00. The lowest BCUT2D eigenvalue weighted by Crippen LogP contribution is -2.05. The molecule has 5 heteroatoms. The topological polar surface area (TPSA) is 37.8 Å². The SMILES string of the molecule is CC(Nc1ccc(Cl)c2cccnc12)c1cncs1. The molecule has 2 aromatic heterocycles. The zero-order valence-electron chi connectivity index (χ0n) is 10.3. The zero-order valence-corrected chi connectivity index (χ0v) is 11.9. The van der Waals surface area contributed by atoms with Crippen molar-refractivity contribution in [3.8, 4) is 0 Å². The molecule has 0 spiro atoms. The standard InChI is InChI=1S/C14H12ClN3S/c1-9(13-7-16-8-19-13)18-12-5-4-11(15)10-3-2-6-17-14(10)12/h2-9,18H,1H3. The summed E-state index contributed by atoms with van der Waals surface area (Å²) in [5.41, 5.74) is 3.72. The van der Waals surface area contributed by atoms with E-state index in [1.807, 2.05) is 36.0 Å². The molecule has 2 heterocycles. The van der Waals surface area contributed by atoms with Crippen LogP contribution in [0.5, 0.6) is 0 Å². The Kier molecular flexibility index (Phi) is 3.36. The number of hydrogen-bond acceptors (Lipinski definition) is 4. The van der Waals surface area contributed by atoms with Gasteiger partial charge in [0.2, 0.25) is 0 Å². The highest BCUT2D eigenvalue weighted by atomic mass is 35.5. The van der Waals surface area contributed by atoms with Crippen molar-refractivity contribution in [1.82, 2.24) is 9.97 Å². The fraction of sp³-hybridized carbons (Fsp3) is 0.143. The normalized spacial score (nSPS) is 12.5. The van der Waals surface area contributed by atoms with E-state index < -0.39 is 0 Å². The van der Waals surface area contributed by atoms with Gasteiger partial charge in [0.1, 0.15) is 0 Å². The van der Waals surface area contributed by atoms with Gasteiger partial charge in [0.05, 0.1) is 27.8 Å². The van der Waals surface area contributed by atoms with E-state index in [4.69, 9.17) is 11.6 Å². The van der Waals surface area contributed by atoms with Gasteiger partial charge in [-0.3, -0.25) is 9.97 Å². The number of hydrogen-bond donors (Lipinski definition) is 1. The maximum absolute atomic E-state index is 6.19. The van der Waals surface area contributed by atoms with Gasteiger partial charge in [-0.15, -0.1) is 11.3 Å². The number of nitrogens with one attached hydrogen (secondary N) is 1. The van der Waals surface area contributed by atoms with Gasteiger partial charge in [-0.25, -0.2) is 0 Å². The number of rotatable bonds is 3. The largest absolute Gasteiger partial charge is 0.376 e. The molecule has 3 nitrogen and oxygen atoms in total. The van der Waals surface area contributed by atoms with Crippen molar-refractivity contribution in [2.45, 2.75) is 13.0 Å². The Hall–Kier alpha value is -1.65. The summed E-state index contributed by atoms with van der Waals surface area (Å²) in [6, 6.07) is 7.93. The number of fused-ring (bicyclic) bond motifs is 1. The second-order valence-corrected chi connectivity index (χ2v) is 5.59. The van der Waals surface area contributed by atoms with Crippen LogP contribution in [0, 0.1) is 0 Å². The molecule has 0 fully saturated rings. The Bertz CT molecular complexity index is 697. The summed E-state index contributed by atoms with van der Waals surface area (Å²) in [5, 5.41) is 5.15. The van der Waals surface area contributed by atoms with Crippen molar-refractivity contribution in [2.75, 3.05) is 5.32 Å². The molecular weight excluding hydrogens is 278 g/mol. The highest BCUT2D eigenvalue weighted by Gasteiger charge is 2.10. The van der Waals surface area contributed by atoms with E-state index in [0.29, 0.717) is 0 Å². The predicted molar refractivity (Wildman–Crippen MR) is 80.9 cm³/mol. The van der Waals surface area contributed by atoms with Crippen LogP contribution in [0.1, 0.15) is 17.8 Å². The second-order valence-electron chi connectivity index (χ2n) is 4.26. The third-order valence-electron chi connectivity index (χ3n) is 2.97. The molecule has 0 saturated carbocycles. The van der Waals surface area contributed by atoms with E-state index in [9.17, 15) is 0 Å². The first kappa shape index (κ1) is 12.4. The summed E-state index contributed by atoms with van der Waals surface area (Å²) < 4.78 is 0. The number of thiazole rings is 1. The Balaban J connectivity index is 2.00. The quantitative estimate of drug-likeness (QED) is 0.770. The molecule has 1 unspecified atom stereocenters. The van der Waals surface area contributed by atoms with E-state index in [2.05, 4.69) is 22.2 Å². The lowest BCUT2D eigenvalue weighted by molar-refractivity contribution is 0.905. The summed E-state index contributed by atoms with van der Waals surface area (Å²) >= 11 is 7.83. The average molecular weight is 290 g/mol. The smallest absolute Gasteiger partial charge is 0.0948 e. The van der Waals surface area contributed by atoms with Crippen molar-refractivity contribution in [1.29, 1.82) is 0 Å². The molecule has 0 amide bonds. The van der Waals surface area contributed by atoms with Crippen LogP contribution in [0.25, 0.3) is 10.9 Å². The van der Waals surface area contributed by atoms with E-state index in [1.165, 1.54) is 4.88 Å². The van der Waals surface area contributed by atoms with E-state index in [-0.39, 0.29) is 6.04 Å². The molecule has 0 radical (unpaired) electrons. The number of aromatic nitrogens is 2. The molecule has 1 N–H and O–H groups in total. The molecule has 1 atom stereocenters. The molecule has 0 saturated heterocycles. The number of anilines is 1. The molecule has 0 aliphatic carbocycles. The lowest BCUT2D eigenvalue weighted by Gasteiger charge is -2.15. The molecule has 0 aliphatic rings. The van der Waals surface area contributed by atoms with Crippen molar-refractivity contribution < 1.29 is 0 Å².